The van der Waals surface area contributed by atoms with E-state index in [1.807, 2.05) is 13.8 Å². The lowest BCUT2D eigenvalue weighted by Gasteiger charge is -2.57. The van der Waals surface area contributed by atoms with Gasteiger partial charge in [0, 0.05) is 5.54 Å². The van der Waals surface area contributed by atoms with Crippen molar-refractivity contribution in [3.05, 3.63) is 35.6 Å². The standard InChI is InChI=1S/C22H29FN2O2/c1-13(2)19(24-20(26)17-5-3-4-6-18(17)23)21(27)25-22-10-14-7-15(11-22)9-16(8-14)12-22/h3-6,13-16,19H,7-12H2,1-2H3,(H,24,26)(H,25,27). The Hall–Kier alpha value is -1.91. The van der Waals surface area contributed by atoms with Crippen molar-refractivity contribution in [1.82, 2.24) is 10.6 Å². The topological polar surface area (TPSA) is 58.2 Å². The molecule has 0 heterocycles. The second kappa shape index (κ2) is 6.92. The van der Waals surface area contributed by atoms with E-state index in [4.69, 9.17) is 0 Å². The van der Waals surface area contributed by atoms with Crippen LogP contribution in [0.15, 0.2) is 24.3 Å². The van der Waals surface area contributed by atoms with Crippen LogP contribution in [-0.4, -0.2) is 23.4 Å². The van der Waals surface area contributed by atoms with Crippen molar-refractivity contribution in [2.75, 3.05) is 0 Å². The van der Waals surface area contributed by atoms with Gasteiger partial charge in [0.1, 0.15) is 11.9 Å². The number of rotatable bonds is 5. The molecule has 4 bridgehead atoms. The summed E-state index contributed by atoms with van der Waals surface area (Å²) in [7, 11) is 0. The molecule has 4 fully saturated rings. The van der Waals surface area contributed by atoms with E-state index in [2.05, 4.69) is 10.6 Å². The quantitative estimate of drug-likeness (QED) is 0.829. The predicted molar refractivity (Wildman–Crippen MR) is 102 cm³/mol. The van der Waals surface area contributed by atoms with E-state index in [-0.39, 0.29) is 22.9 Å². The fraction of sp³-hybridized carbons (Fsp3) is 0.636. The summed E-state index contributed by atoms with van der Waals surface area (Å²) >= 11 is 0. The highest BCUT2D eigenvalue weighted by Crippen LogP contribution is 2.55. The molecule has 1 atom stereocenters. The normalized spacial score (nSPS) is 32.4. The molecule has 0 radical (unpaired) electrons. The largest absolute Gasteiger partial charge is 0.349 e. The van der Waals surface area contributed by atoms with Crippen LogP contribution < -0.4 is 10.6 Å². The summed E-state index contributed by atoms with van der Waals surface area (Å²) < 4.78 is 13.9. The molecule has 2 N–H and O–H groups in total. The zero-order valence-electron chi connectivity index (χ0n) is 16.1. The van der Waals surface area contributed by atoms with Crippen molar-refractivity contribution >= 4 is 11.8 Å². The Balaban J connectivity index is 1.47. The maximum absolute atomic E-state index is 13.9. The molecule has 1 aromatic carbocycles. The molecule has 5 heteroatoms. The zero-order valence-corrected chi connectivity index (χ0v) is 16.1. The summed E-state index contributed by atoms with van der Waals surface area (Å²) in [5.41, 5.74) is -0.118. The number of benzene rings is 1. The first kappa shape index (κ1) is 18.5. The molecule has 0 aromatic heterocycles. The summed E-state index contributed by atoms with van der Waals surface area (Å²) in [5.74, 6) is 0.906. The van der Waals surface area contributed by atoms with Crippen molar-refractivity contribution in [3.63, 3.8) is 0 Å². The lowest BCUT2D eigenvalue weighted by molar-refractivity contribution is -0.129. The maximum Gasteiger partial charge on any atom is 0.254 e. The minimum absolute atomic E-state index is 0.0224. The van der Waals surface area contributed by atoms with Gasteiger partial charge < -0.3 is 10.6 Å². The molecular formula is C22H29FN2O2. The van der Waals surface area contributed by atoms with E-state index in [0.29, 0.717) is 0 Å². The lowest BCUT2D eigenvalue weighted by Crippen LogP contribution is -2.63. The van der Waals surface area contributed by atoms with Gasteiger partial charge in [0.15, 0.2) is 0 Å². The number of hydrogen-bond donors (Lipinski definition) is 2. The smallest absolute Gasteiger partial charge is 0.254 e. The van der Waals surface area contributed by atoms with Crippen LogP contribution in [0.5, 0.6) is 0 Å². The number of carbonyl (C=O) groups is 2. The molecule has 4 aliphatic rings. The molecule has 4 saturated carbocycles. The molecule has 0 spiro atoms. The number of nitrogens with one attached hydrogen (secondary N) is 2. The Labute approximate surface area is 160 Å². The minimum atomic E-state index is -0.662. The average molecular weight is 372 g/mol. The highest BCUT2D eigenvalue weighted by atomic mass is 19.1. The SMILES string of the molecule is CC(C)C(NC(=O)c1ccccc1F)C(=O)NC12CC3CC(CC(C3)C1)C2. The Kier molecular flexibility index (Phi) is 4.73. The van der Waals surface area contributed by atoms with Gasteiger partial charge in [0.2, 0.25) is 5.91 Å². The Morgan fingerprint density at radius 2 is 1.59 bits per heavy atom. The number of amides is 2. The van der Waals surface area contributed by atoms with Crippen molar-refractivity contribution in [3.8, 4) is 0 Å². The summed E-state index contributed by atoms with van der Waals surface area (Å²) in [4.78, 5) is 25.6. The van der Waals surface area contributed by atoms with E-state index in [0.717, 1.165) is 37.0 Å². The number of halogens is 1. The summed E-state index contributed by atoms with van der Waals surface area (Å²) in [5, 5.41) is 6.09. The first-order valence-corrected chi connectivity index (χ1v) is 10.2. The van der Waals surface area contributed by atoms with Crippen LogP contribution in [0, 0.1) is 29.5 Å². The summed E-state index contributed by atoms with van der Waals surface area (Å²) in [6.07, 6.45) is 7.14. The molecule has 4 nitrogen and oxygen atoms in total. The van der Waals surface area contributed by atoms with E-state index >= 15 is 0 Å². The Morgan fingerprint density at radius 3 is 2.11 bits per heavy atom. The number of carbonyl (C=O) groups excluding carboxylic acids is 2. The molecule has 1 unspecified atom stereocenters. The third-order valence-corrected chi connectivity index (χ3v) is 6.78. The van der Waals surface area contributed by atoms with Crippen LogP contribution in [0.1, 0.15) is 62.7 Å². The highest BCUT2D eigenvalue weighted by molar-refractivity contribution is 5.97. The molecule has 5 rings (SSSR count). The molecule has 1 aromatic rings. The van der Waals surface area contributed by atoms with E-state index in [1.165, 1.54) is 31.4 Å². The molecule has 0 saturated heterocycles. The second-order valence-electron chi connectivity index (χ2n) is 9.36. The van der Waals surface area contributed by atoms with Crippen molar-refractivity contribution in [2.45, 2.75) is 64.0 Å². The first-order chi connectivity index (χ1) is 12.8. The number of hydrogen-bond acceptors (Lipinski definition) is 2. The van der Waals surface area contributed by atoms with Crippen LogP contribution in [0.25, 0.3) is 0 Å². The van der Waals surface area contributed by atoms with E-state index in [9.17, 15) is 14.0 Å². The Bertz CT molecular complexity index is 710. The van der Waals surface area contributed by atoms with Crippen LogP contribution in [0.3, 0.4) is 0 Å². The predicted octanol–water partition coefficient (Wildman–Crippen LogP) is 3.67. The fourth-order valence-electron chi connectivity index (χ4n) is 6.00. The van der Waals surface area contributed by atoms with Gasteiger partial charge >= 0.3 is 0 Å². The molecule has 4 aliphatic carbocycles. The Morgan fingerprint density at radius 1 is 1.04 bits per heavy atom. The fourth-order valence-corrected chi connectivity index (χ4v) is 6.00. The van der Waals surface area contributed by atoms with E-state index < -0.39 is 17.8 Å². The third kappa shape index (κ3) is 3.61. The van der Waals surface area contributed by atoms with Gasteiger partial charge in [-0.15, -0.1) is 0 Å². The lowest BCUT2D eigenvalue weighted by atomic mass is 9.53. The maximum atomic E-state index is 13.9. The molecule has 2 amide bonds. The minimum Gasteiger partial charge on any atom is -0.349 e. The first-order valence-electron chi connectivity index (χ1n) is 10.2. The highest BCUT2D eigenvalue weighted by Gasteiger charge is 2.52. The van der Waals surface area contributed by atoms with Crippen LogP contribution in [0.4, 0.5) is 4.39 Å². The zero-order chi connectivity index (χ0) is 19.2. The monoisotopic (exact) mass is 372 g/mol. The van der Waals surface area contributed by atoms with Crippen molar-refractivity contribution in [2.24, 2.45) is 23.7 Å². The van der Waals surface area contributed by atoms with Gasteiger partial charge in [0.05, 0.1) is 5.56 Å². The van der Waals surface area contributed by atoms with Gasteiger partial charge in [0.25, 0.3) is 5.91 Å². The van der Waals surface area contributed by atoms with Crippen molar-refractivity contribution in [1.29, 1.82) is 0 Å². The van der Waals surface area contributed by atoms with E-state index in [1.54, 1.807) is 12.1 Å². The summed E-state index contributed by atoms with van der Waals surface area (Å²) in [6, 6.07) is 5.21. The van der Waals surface area contributed by atoms with Crippen LogP contribution in [-0.2, 0) is 4.79 Å². The van der Waals surface area contributed by atoms with Gasteiger partial charge in [-0.05, 0) is 74.3 Å². The average Bonchev–Trinajstić information content (AvgIpc) is 2.57. The molecular weight excluding hydrogens is 343 g/mol. The molecule has 27 heavy (non-hydrogen) atoms. The van der Waals surface area contributed by atoms with Gasteiger partial charge in [-0.2, -0.15) is 0 Å². The molecule has 0 aliphatic heterocycles. The van der Waals surface area contributed by atoms with Gasteiger partial charge in [-0.25, -0.2) is 4.39 Å². The second-order valence-corrected chi connectivity index (χ2v) is 9.36. The van der Waals surface area contributed by atoms with Gasteiger partial charge in [-0.3, -0.25) is 9.59 Å². The van der Waals surface area contributed by atoms with Crippen molar-refractivity contribution < 1.29 is 14.0 Å². The van der Waals surface area contributed by atoms with Crippen LogP contribution >= 0.6 is 0 Å². The van der Waals surface area contributed by atoms with Gasteiger partial charge in [-0.1, -0.05) is 26.0 Å². The molecule has 146 valence electrons. The third-order valence-electron chi connectivity index (χ3n) is 6.78. The summed E-state index contributed by atoms with van der Waals surface area (Å²) in [6.45, 7) is 3.82. The van der Waals surface area contributed by atoms with Crippen LogP contribution in [0.2, 0.25) is 0 Å².